The first kappa shape index (κ1) is 9.06. The number of aliphatic imine (C=N–C) groups is 1. The van der Waals surface area contributed by atoms with Crippen molar-refractivity contribution in [1.29, 1.82) is 0 Å². The van der Waals surface area contributed by atoms with Gasteiger partial charge in [0, 0.05) is 43.0 Å². The Kier molecular flexibility index (Phi) is 2.39. The van der Waals surface area contributed by atoms with Crippen LogP contribution < -0.4 is 0 Å². The molecule has 2 heterocycles. The standard InChI is InChI=1S/C11H15N3/c1-9-7-11-10(3-4-13-11)8-12-5-6-14(9)2/h3-4,7-8,13H,5-6H2,1-2H3/b9-7+,12-8?. The van der Waals surface area contributed by atoms with Gasteiger partial charge in [-0.15, -0.1) is 0 Å². The molecular weight excluding hydrogens is 174 g/mol. The predicted molar refractivity (Wildman–Crippen MR) is 59.5 cm³/mol. The van der Waals surface area contributed by atoms with Crippen molar-refractivity contribution in [2.24, 2.45) is 4.99 Å². The number of aromatic nitrogens is 1. The first-order valence-corrected chi connectivity index (χ1v) is 4.84. The van der Waals surface area contributed by atoms with Crippen molar-refractivity contribution in [2.75, 3.05) is 20.1 Å². The van der Waals surface area contributed by atoms with Gasteiger partial charge in [0.05, 0.1) is 6.54 Å². The fraction of sp³-hybridized carbons (Fsp3) is 0.364. The molecule has 0 fully saturated rings. The molecule has 1 aliphatic rings. The highest BCUT2D eigenvalue weighted by Crippen LogP contribution is 2.12. The van der Waals surface area contributed by atoms with E-state index >= 15 is 0 Å². The molecule has 1 aromatic heterocycles. The summed E-state index contributed by atoms with van der Waals surface area (Å²) in [6.07, 6.45) is 6.05. The molecule has 0 bridgehead atoms. The summed E-state index contributed by atoms with van der Waals surface area (Å²) < 4.78 is 0. The molecule has 0 aliphatic carbocycles. The average Bonchev–Trinajstić information content (AvgIpc) is 2.59. The Morgan fingerprint density at radius 3 is 3.21 bits per heavy atom. The summed E-state index contributed by atoms with van der Waals surface area (Å²) in [7, 11) is 2.09. The molecule has 0 radical (unpaired) electrons. The van der Waals surface area contributed by atoms with Crippen LogP contribution >= 0.6 is 0 Å². The van der Waals surface area contributed by atoms with E-state index in [0.717, 1.165) is 18.8 Å². The van der Waals surface area contributed by atoms with Crippen LogP contribution in [-0.2, 0) is 0 Å². The lowest BCUT2D eigenvalue weighted by Gasteiger charge is -2.17. The van der Waals surface area contributed by atoms with Gasteiger partial charge in [0.15, 0.2) is 0 Å². The van der Waals surface area contributed by atoms with Gasteiger partial charge in [-0.1, -0.05) is 0 Å². The van der Waals surface area contributed by atoms with E-state index in [4.69, 9.17) is 0 Å². The topological polar surface area (TPSA) is 31.4 Å². The van der Waals surface area contributed by atoms with E-state index in [1.807, 2.05) is 18.5 Å². The molecule has 74 valence electrons. The molecule has 0 spiro atoms. The Bertz CT molecular complexity index is 374. The Morgan fingerprint density at radius 2 is 2.36 bits per heavy atom. The number of nitrogens with zero attached hydrogens (tertiary/aromatic N) is 2. The smallest absolute Gasteiger partial charge is 0.0564 e. The molecule has 3 heteroatoms. The third kappa shape index (κ3) is 1.71. The van der Waals surface area contributed by atoms with Crippen LogP contribution in [0, 0.1) is 0 Å². The lowest BCUT2D eigenvalue weighted by atomic mass is 10.2. The Morgan fingerprint density at radius 1 is 1.50 bits per heavy atom. The summed E-state index contributed by atoms with van der Waals surface area (Å²) in [4.78, 5) is 9.79. The SMILES string of the molecule is C/C1=C\c2[nH]ccc2C=NCCN1C. The van der Waals surface area contributed by atoms with E-state index in [1.165, 1.54) is 11.3 Å². The second kappa shape index (κ2) is 3.70. The molecule has 0 saturated carbocycles. The largest absolute Gasteiger partial charge is 0.376 e. The predicted octanol–water partition coefficient (Wildman–Crippen LogP) is 1.74. The molecular formula is C11H15N3. The first-order valence-electron chi connectivity index (χ1n) is 4.84. The number of rotatable bonds is 0. The monoisotopic (exact) mass is 189 g/mol. The van der Waals surface area contributed by atoms with Gasteiger partial charge in [-0.05, 0) is 19.1 Å². The summed E-state index contributed by atoms with van der Waals surface area (Å²) >= 11 is 0. The number of likely N-dealkylation sites (N-methyl/N-ethyl adjacent to an activating group) is 1. The van der Waals surface area contributed by atoms with Crippen molar-refractivity contribution in [3.05, 3.63) is 29.2 Å². The third-order valence-corrected chi connectivity index (χ3v) is 2.56. The number of H-pyrrole nitrogens is 1. The van der Waals surface area contributed by atoms with Crippen LogP contribution in [0.3, 0.4) is 0 Å². The highest BCUT2D eigenvalue weighted by atomic mass is 15.1. The van der Waals surface area contributed by atoms with Crippen LogP contribution in [0.1, 0.15) is 18.2 Å². The van der Waals surface area contributed by atoms with Crippen LogP contribution in [0.15, 0.2) is 23.0 Å². The van der Waals surface area contributed by atoms with Gasteiger partial charge in [-0.3, -0.25) is 4.99 Å². The highest BCUT2D eigenvalue weighted by Gasteiger charge is 2.04. The van der Waals surface area contributed by atoms with Gasteiger partial charge < -0.3 is 9.88 Å². The fourth-order valence-corrected chi connectivity index (χ4v) is 1.50. The van der Waals surface area contributed by atoms with E-state index in [9.17, 15) is 0 Å². The molecule has 0 aromatic carbocycles. The minimum Gasteiger partial charge on any atom is -0.376 e. The zero-order valence-electron chi connectivity index (χ0n) is 8.62. The summed E-state index contributed by atoms with van der Waals surface area (Å²) in [5.41, 5.74) is 3.57. The highest BCUT2D eigenvalue weighted by molar-refractivity contribution is 5.84. The van der Waals surface area contributed by atoms with Crippen molar-refractivity contribution in [1.82, 2.24) is 9.88 Å². The zero-order chi connectivity index (χ0) is 9.97. The van der Waals surface area contributed by atoms with Crippen molar-refractivity contribution in [3.63, 3.8) is 0 Å². The maximum atomic E-state index is 4.37. The molecule has 1 aromatic rings. The van der Waals surface area contributed by atoms with Gasteiger partial charge in [0.2, 0.25) is 0 Å². The van der Waals surface area contributed by atoms with E-state index in [0.29, 0.717) is 0 Å². The average molecular weight is 189 g/mol. The van der Waals surface area contributed by atoms with Crippen LogP contribution in [0.2, 0.25) is 0 Å². The summed E-state index contributed by atoms with van der Waals surface area (Å²) in [5.74, 6) is 0. The fourth-order valence-electron chi connectivity index (χ4n) is 1.50. The summed E-state index contributed by atoms with van der Waals surface area (Å²) in [6, 6.07) is 2.05. The molecule has 3 nitrogen and oxygen atoms in total. The molecule has 0 unspecified atom stereocenters. The summed E-state index contributed by atoms with van der Waals surface area (Å²) in [6.45, 7) is 3.95. The van der Waals surface area contributed by atoms with Gasteiger partial charge in [-0.2, -0.15) is 0 Å². The normalized spacial score (nSPS) is 20.4. The Hall–Kier alpha value is -1.51. The number of nitrogens with one attached hydrogen (secondary N) is 1. The maximum absolute atomic E-state index is 4.37. The first-order chi connectivity index (χ1) is 6.77. The molecule has 0 atom stereocenters. The van der Waals surface area contributed by atoms with Crippen LogP contribution in [-0.4, -0.2) is 36.2 Å². The molecule has 1 aliphatic heterocycles. The van der Waals surface area contributed by atoms with E-state index in [2.05, 4.69) is 34.9 Å². The molecule has 2 rings (SSSR count). The number of aromatic amines is 1. The van der Waals surface area contributed by atoms with Crippen LogP contribution in [0.25, 0.3) is 6.08 Å². The molecule has 1 N–H and O–H groups in total. The van der Waals surface area contributed by atoms with E-state index in [1.54, 1.807) is 0 Å². The molecule has 0 saturated heterocycles. The number of hydrogen-bond acceptors (Lipinski definition) is 2. The van der Waals surface area contributed by atoms with E-state index < -0.39 is 0 Å². The second-order valence-corrected chi connectivity index (χ2v) is 3.59. The van der Waals surface area contributed by atoms with Crippen LogP contribution in [0.5, 0.6) is 0 Å². The van der Waals surface area contributed by atoms with Gasteiger partial charge in [0.1, 0.15) is 0 Å². The van der Waals surface area contributed by atoms with Crippen molar-refractivity contribution >= 4 is 12.3 Å². The second-order valence-electron chi connectivity index (χ2n) is 3.59. The minimum absolute atomic E-state index is 0.853. The van der Waals surface area contributed by atoms with Gasteiger partial charge >= 0.3 is 0 Å². The lowest BCUT2D eigenvalue weighted by molar-refractivity contribution is 0.434. The summed E-state index contributed by atoms with van der Waals surface area (Å²) in [5, 5.41) is 0. The molecule has 14 heavy (non-hydrogen) atoms. The zero-order valence-corrected chi connectivity index (χ0v) is 8.62. The lowest BCUT2D eigenvalue weighted by Crippen LogP contribution is -2.19. The van der Waals surface area contributed by atoms with Crippen LogP contribution in [0.4, 0.5) is 0 Å². The van der Waals surface area contributed by atoms with Gasteiger partial charge in [-0.25, -0.2) is 0 Å². The number of fused-ring (bicyclic) bond motifs is 1. The third-order valence-electron chi connectivity index (χ3n) is 2.56. The Balaban J connectivity index is 2.42. The minimum atomic E-state index is 0.853. The van der Waals surface area contributed by atoms with Crippen molar-refractivity contribution < 1.29 is 0 Å². The Labute approximate surface area is 84.2 Å². The van der Waals surface area contributed by atoms with Crippen molar-refractivity contribution in [2.45, 2.75) is 6.92 Å². The number of allylic oxidation sites excluding steroid dienone is 1. The quantitative estimate of drug-likeness (QED) is 0.662. The van der Waals surface area contributed by atoms with E-state index in [-0.39, 0.29) is 0 Å². The molecule has 0 amide bonds. The van der Waals surface area contributed by atoms with Gasteiger partial charge in [0.25, 0.3) is 0 Å². The maximum Gasteiger partial charge on any atom is 0.0564 e. The van der Waals surface area contributed by atoms with Crippen molar-refractivity contribution in [3.8, 4) is 0 Å². The number of hydrogen-bond donors (Lipinski definition) is 1.